The van der Waals surface area contributed by atoms with Gasteiger partial charge in [-0.2, -0.15) is 0 Å². The van der Waals surface area contributed by atoms with Crippen molar-refractivity contribution in [1.82, 2.24) is 0 Å². The van der Waals surface area contributed by atoms with E-state index in [2.05, 4.69) is 9.47 Å². The molecule has 0 unspecified atom stereocenters. The Kier molecular flexibility index (Phi) is 8.38. The van der Waals surface area contributed by atoms with Crippen LogP contribution in [0.3, 0.4) is 0 Å². The van der Waals surface area contributed by atoms with Gasteiger partial charge in [0.15, 0.2) is 11.5 Å². The third kappa shape index (κ3) is 8.56. The quantitative estimate of drug-likeness (QED) is 0.282. The minimum Gasteiger partial charge on any atom is -0.489 e. The monoisotopic (exact) mass is 493 g/mol. The molecule has 7 nitrogen and oxygen atoms in total. The third-order valence-corrected chi connectivity index (χ3v) is 4.19. The van der Waals surface area contributed by atoms with E-state index in [1.54, 1.807) is 0 Å². The van der Waals surface area contributed by atoms with Crippen molar-refractivity contribution < 1.29 is 55.2 Å². The molecule has 2 aromatic carbocycles. The first-order chi connectivity index (χ1) is 15.8. The zero-order valence-corrected chi connectivity index (χ0v) is 17.0. The van der Waals surface area contributed by atoms with Crippen molar-refractivity contribution in [3.8, 4) is 17.2 Å². The molecule has 3 N–H and O–H groups in total. The largest absolute Gasteiger partial charge is 0.573 e. The van der Waals surface area contributed by atoms with Gasteiger partial charge in [-0.25, -0.2) is 0 Å². The van der Waals surface area contributed by atoms with Crippen molar-refractivity contribution in [1.29, 1.82) is 0 Å². The molecule has 0 heterocycles. The average Bonchev–Trinajstić information content (AvgIpc) is 2.70. The number of benzene rings is 2. The Hall–Kier alpha value is -3.90. The zero-order chi connectivity index (χ0) is 25.5. The molecule has 0 aromatic heterocycles. The lowest BCUT2D eigenvalue weighted by atomic mass is 9.92. The Morgan fingerprint density at radius 2 is 1.56 bits per heavy atom. The average molecular weight is 493 g/mol. The van der Waals surface area contributed by atoms with Crippen molar-refractivity contribution >= 4 is 12.3 Å². The van der Waals surface area contributed by atoms with Crippen molar-refractivity contribution in [3.63, 3.8) is 0 Å². The van der Waals surface area contributed by atoms with Crippen LogP contribution in [0.15, 0.2) is 54.2 Å². The molecule has 0 fully saturated rings. The molecule has 184 valence electrons. The fraction of sp³-hybridized carbons (Fsp3) is 0.238. The number of carboxylic acids is 1. The van der Waals surface area contributed by atoms with E-state index < -0.39 is 36.1 Å². The van der Waals surface area contributed by atoms with Gasteiger partial charge in [0.1, 0.15) is 18.6 Å². The van der Waals surface area contributed by atoms with E-state index in [-0.39, 0.29) is 30.0 Å². The Morgan fingerprint density at radius 3 is 2.09 bits per heavy atom. The number of hydrogen-bond acceptors (Lipinski definition) is 6. The second kappa shape index (κ2) is 10.8. The summed E-state index contributed by atoms with van der Waals surface area (Å²) < 4.78 is 87.6. The molecule has 0 bridgehead atoms. The molecule has 0 spiro atoms. The summed E-state index contributed by atoms with van der Waals surface area (Å²) in [4.78, 5) is 21.7. The molecule has 0 aliphatic heterocycles. The highest BCUT2D eigenvalue weighted by atomic mass is 19.4. The van der Waals surface area contributed by atoms with E-state index in [1.807, 2.05) is 0 Å². The fourth-order valence-corrected chi connectivity index (χ4v) is 2.82. The number of carbonyl (C=O) groups is 2. The first kappa shape index (κ1) is 26.4. The lowest BCUT2D eigenvalue weighted by molar-refractivity contribution is -0.287. The molecule has 0 radical (unpaired) electrons. The van der Waals surface area contributed by atoms with Crippen molar-refractivity contribution in [2.75, 3.05) is 0 Å². The number of rotatable bonds is 10. The topological polar surface area (TPSA) is 108 Å². The van der Waals surface area contributed by atoms with Crippen LogP contribution in [-0.4, -0.2) is 30.1 Å². The van der Waals surface area contributed by atoms with E-state index in [4.69, 9.17) is 15.6 Å². The summed E-state index contributed by atoms with van der Waals surface area (Å²) in [6, 6.07) is 8.22. The summed E-state index contributed by atoms with van der Waals surface area (Å²) in [6.45, 7) is -0.342. The maximum atomic E-state index is 12.6. The second-order valence-electron chi connectivity index (χ2n) is 6.69. The van der Waals surface area contributed by atoms with E-state index >= 15 is 0 Å². The summed E-state index contributed by atoms with van der Waals surface area (Å²) >= 11 is 0. The molecule has 0 saturated carbocycles. The molecule has 0 aliphatic carbocycles. The second-order valence-corrected chi connectivity index (χ2v) is 6.69. The smallest absolute Gasteiger partial charge is 0.489 e. The zero-order valence-electron chi connectivity index (χ0n) is 17.0. The number of hydrogen-bond donors (Lipinski definition) is 2. The van der Waals surface area contributed by atoms with Crippen LogP contribution >= 0.6 is 0 Å². The molecular weight excluding hydrogens is 476 g/mol. The molecule has 13 heteroatoms. The normalized spacial score (nSPS) is 13.2. The minimum atomic E-state index is -5.26. The number of aliphatic carboxylic acids is 1. The number of halogens is 6. The highest BCUT2D eigenvalue weighted by molar-refractivity contribution is 5.71. The van der Waals surface area contributed by atoms with Crippen LogP contribution in [-0.2, 0) is 16.2 Å². The van der Waals surface area contributed by atoms with Gasteiger partial charge in [-0.15, -0.1) is 26.3 Å². The first-order valence-electron chi connectivity index (χ1n) is 9.27. The molecular formula is C21H17F6NO6. The lowest BCUT2D eigenvalue weighted by Crippen LogP contribution is -2.21. The van der Waals surface area contributed by atoms with Gasteiger partial charge in [-0.3, -0.25) is 9.59 Å². The number of allylic oxidation sites excluding steroid dienone is 2. The van der Waals surface area contributed by atoms with E-state index in [0.717, 1.165) is 12.1 Å². The summed E-state index contributed by atoms with van der Waals surface area (Å²) in [5.74, 6) is -4.11. The van der Waals surface area contributed by atoms with Gasteiger partial charge in [0.05, 0.1) is 6.42 Å². The van der Waals surface area contributed by atoms with E-state index in [0.29, 0.717) is 24.0 Å². The molecule has 0 saturated heterocycles. The van der Waals surface area contributed by atoms with Crippen LogP contribution in [0.2, 0.25) is 0 Å². The summed E-state index contributed by atoms with van der Waals surface area (Å²) in [7, 11) is 0. The van der Waals surface area contributed by atoms with Gasteiger partial charge < -0.3 is 25.1 Å². The number of nitrogens with two attached hydrogens (primary N) is 1. The van der Waals surface area contributed by atoms with Gasteiger partial charge in [0.25, 0.3) is 0 Å². The highest BCUT2D eigenvalue weighted by Crippen LogP contribution is 2.36. The molecule has 34 heavy (non-hydrogen) atoms. The number of ether oxygens (including phenoxy) is 3. The van der Waals surface area contributed by atoms with Gasteiger partial charge in [-0.1, -0.05) is 18.2 Å². The SMILES string of the molecule is NC(=CC=O)[C@@H](CC(=O)O)c1ccc(OCc2ccc(OC(F)(F)F)c(OC(F)(F)F)c2)cc1. The summed E-state index contributed by atoms with van der Waals surface area (Å²) in [6.07, 6.45) is -9.42. The van der Waals surface area contributed by atoms with E-state index in [1.165, 1.54) is 24.3 Å². The molecule has 2 aromatic rings. The van der Waals surface area contributed by atoms with Gasteiger partial charge >= 0.3 is 18.7 Å². The molecule has 0 aliphatic rings. The predicted octanol–water partition coefficient (Wildman–Crippen LogP) is 4.66. The number of alkyl halides is 6. The Labute approximate surface area is 188 Å². The lowest BCUT2D eigenvalue weighted by Gasteiger charge is -2.17. The highest BCUT2D eigenvalue weighted by Gasteiger charge is 2.36. The number of aldehydes is 1. The summed E-state index contributed by atoms with van der Waals surface area (Å²) in [5.41, 5.74) is 6.28. The first-order valence-corrected chi connectivity index (χ1v) is 9.27. The summed E-state index contributed by atoms with van der Waals surface area (Å²) in [5, 5.41) is 9.05. The Balaban J connectivity index is 2.18. The van der Waals surface area contributed by atoms with Gasteiger partial charge in [-0.05, 0) is 41.5 Å². The minimum absolute atomic E-state index is 0.0319. The molecule has 0 amide bonds. The Bertz CT molecular complexity index is 1030. The Morgan fingerprint density at radius 1 is 0.971 bits per heavy atom. The van der Waals surface area contributed by atoms with Gasteiger partial charge in [0.2, 0.25) is 0 Å². The van der Waals surface area contributed by atoms with Crippen molar-refractivity contribution in [2.24, 2.45) is 5.73 Å². The standard InChI is InChI=1S/C21H17F6NO6/c22-20(23,24)33-17-6-1-12(9-18(17)34-21(25,26)27)11-32-14-4-2-13(3-5-14)15(10-19(30)31)16(28)7-8-29/h1-9,15H,10-11,28H2,(H,30,31)/t15-/m0/s1. The van der Waals surface area contributed by atoms with Crippen LogP contribution in [0, 0.1) is 0 Å². The van der Waals surface area contributed by atoms with Crippen LogP contribution in [0.5, 0.6) is 17.2 Å². The predicted molar refractivity (Wildman–Crippen MR) is 104 cm³/mol. The molecule has 1 atom stereocenters. The maximum Gasteiger partial charge on any atom is 0.573 e. The van der Waals surface area contributed by atoms with Crippen molar-refractivity contribution in [2.45, 2.75) is 31.7 Å². The third-order valence-electron chi connectivity index (χ3n) is 4.19. The number of carbonyl (C=O) groups excluding carboxylic acids is 1. The van der Waals surface area contributed by atoms with Crippen LogP contribution in [0.1, 0.15) is 23.5 Å². The van der Waals surface area contributed by atoms with Crippen LogP contribution in [0.4, 0.5) is 26.3 Å². The van der Waals surface area contributed by atoms with Gasteiger partial charge in [0, 0.05) is 11.6 Å². The van der Waals surface area contributed by atoms with Crippen LogP contribution < -0.4 is 19.9 Å². The van der Waals surface area contributed by atoms with Crippen LogP contribution in [0.25, 0.3) is 0 Å². The molecule has 2 rings (SSSR count). The number of carboxylic acid groups (broad SMARTS) is 1. The van der Waals surface area contributed by atoms with Crippen molar-refractivity contribution in [3.05, 3.63) is 65.4 Å². The fourth-order valence-electron chi connectivity index (χ4n) is 2.82. The van der Waals surface area contributed by atoms with E-state index in [9.17, 15) is 35.9 Å². The maximum absolute atomic E-state index is 12.6.